The van der Waals surface area contributed by atoms with Crippen LogP contribution in [0.25, 0.3) is 0 Å². The first kappa shape index (κ1) is 17.5. The van der Waals surface area contributed by atoms with Crippen LogP contribution in [0.4, 0.5) is 5.69 Å². The summed E-state index contributed by atoms with van der Waals surface area (Å²) in [6.07, 6.45) is 4.27. The van der Waals surface area contributed by atoms with Crippen molar-refractivity contribution in [2.24, 2.45) is 0 Å². The van der Waals surface area contributed by atoms with Gasteiger partial charge in [-0.2, -0.15) is 0 Å². The molecule has 0 unspecified atom stereocenters. The molecule has 3 rings (SSSR count). The van der Waals surface area contributed by atoms with Crippen molar-refractivity contribution in [3.63, 3.8) is 0 Å². The second-order valence-corrected chi connectivity index (χ2v) is 7.08. The molecule has 2 fully saturated rings. The van der Waals surface area contributed by atoms with Crippen molar-refractivity contribution >= 4 is 23.4 Å². The molecule has 1 heterocycles. The van der Waals surface area contributed by atoms with E-state index in [1.165, 1.54) is 9.80 Å². The van der Waals surface area contributed by atoms with Gasteiger partial charge in [0.1, 0.15) is 6.54 Å². The Labute approximate surface area is 148 Å². The smallest absolute Gasteiger partial charge is 0.316 e. The number of nitrogens with zero attached hydrogens (tertiary/aromatic N) is 2. The van der Waals surface area contributed by atoms with E-state index in [0.717, 1.165) is 42.5 Å². The Morgan fingerprint density at radius 1 is 1.04 bits per heavy atom. The molecule has 0 aromatic heterocycles. The third kappa shape index (κ3) is 4.00. The SMILES string of the molecule is Cc1cc(C)cc(N2CCN(CC(=O)NC3CCCC3)C(=O)C2=O)c1. The van der Waals surface area contributed by atoms with Gasteiger partial charge in [0, 0.05) is 24.8 Å². The molecule has 6 nitrogen and oxygen atoms in total. The summed E-state index contributed by atoms with van der Waals surface area (Å²) in [6, 6.07) is 6.05. The molecule has 0 atom stereocenters. The molecule has 1 saturated carbocycles. The van der Waals surface area contributed by atoms with Gasteiger partial charge < -0.3 is 15.1 Å². The van der Waals surface area contributed by atoms with Crippen molar-refractivity contribution in [3.8, 4) is 0 Å². The minimum absolute atomic E-state index is 0.0399. The fraction of sp³-hybridized carbons (Fsp3) is 0.526. The van der Waals surface area contributed by atoms with Crippen LogP contribution in [0.15, 0.2) is 18.2 Å². The molecule has 1 aromatic carbocycles. The lowest BCUT2D eigenvalue weighted by molar-refractivity contribution is -0.147. The van der Waals surface area contributed by atoms with Crippen LogP contribution in [0.5, 0.6) is 0 Å². The zero-order valence-corrected chi connectivity index (χ0v) is 14.9. The standard InChI is InChI=1S/C19H25N3O3/c1-13-9-14(2)11-16(10-13)22-8-7-21(18(24)19(22)25)12-17(23)20-15-5-3-4-6-15/h9-11,15H,3-8,12H2,1-2H3,(H,20,23). The number of anilines is 1. The molecular weight excluding hydrogens is 318 g/mol. The van der Waals surface area contributed by atoms with Crippen LogP contribution in [0.1, 0.15) is 36.8 Å². The van der Waals surface area contributed by atoms with Gasteiger partial charge >= 0.3 is 11.8 Å². The number of nitrogens with one attached hydrogen (secondary N) is 1. The molecule has 25 heavy (non-hydrogen) atoms. The molecular formula is C19H25N3O3. The maximum Gasteiger partial charge on any atom is 0.316 e. The van der Waals surface area contributed by atoms with E-state index in [9.17, 15) is 14.4 Å². The molecule has 1 aliphatic heterocycles. The van der Waals surface area contributed by atoms with E-state index < -0.39 is 11.8 Å². The molecule has 1 saturated heterocycles. The molecule has 0 spiro atoms. The number of hydrogen-bond donors (Lipinski definition) is 1. The molecule has 1 N–H and O–H groups in total. The molecule has 1 aromatic rings. The highest BCUT2D eigenvalue weighted by Crippen LogP contribution is 2.21. The number of piperazine rings is 1. The first-order chi connectivity index (χ1) is 11.9. The van der Waals surface area contributed by atoms with Gasteiger partial charge in [-0.05, 0) is 49.9 Å². The maximum absolute atomic E-state index is 12.5. The molecule has 2 aliphatic rings. The average Bonchev–Trinajstić information content (AvgIpc) is 3.04. The average molecular weight is 343 g/mol. The monoisotopic (exact) mass is 343 g/mol. The van der Waals surface area contributed by atoms with Gasteiger partial charge in [-0.15, -0.1) is 0 Å². The number of benzene rings is 1. The lowest BCUT2D eigenvalue weighted by Gasteiger charge is -2.33. The fourth-order valence-electron chi connectivity index (χ4n) is 3.70. The predicted molar refractivity (Wildman–Crippen MR) is 95.2 cm³/mol. The summed E-state index contributed by atoms with van der Waals surface area (Å²) < 4.78 is 0. The Hall–Kier alpha value is -2.37. The summed E-state index contributed by atoms with van der Waals surface area (Å²) in [4.78, 5) is 39.9. The lowest BCUT2D eigenvalue weighted by Crippen LogP contribution is -2.56. The number of aryl methyl sites for hydroxylation is 2. The zero-order chi connectivity index (χ0) is 18.0. The van der Waals surface area contributed by atoms with Gasteiger partial charge in [0.15, 0.2) is 0 Å². The summed E-state index contributed by atoms with van der Waals surface area (Å²) in [5, 5.41) is 2.96. The van der Waals surface area contributed by atoms with Crippen molar-refractivity contribution in [1.82, 2.24) is 10.2 Å². The molecule has 1 aliphatic carbocycles. The number of carbonyl (C=O) groups is 3. The Morgan fingerprint density at radius 2 is 1.68 bits per heavy atom. The minimum atomic E-state index is -0.605. The Morgan fingerprint density at radius 3 is 2.32 bits per heavy atom. The Balaban J connectivity index is 1.62. The van der Waals surface area contributed by atoms with Crippen molar-refractivity contribution in [2.75, 3.05) is 24.5 Å². The van der Waals surface area contributed by atoms with Crippen LogP contribution in [-0.2, 0) is 14.4 Å². The van der Waals surface area contributed by atoms with E-state index in [-0.39, 0.29) is 18.5 Å². The summed E-state index contributed by atoms with van der Waals surface area (Å²) >= 11 is 0. The lowest BCUT2D eigenvalue weighted by atomic mass is 10.1. The van der Waals surface area contributed by atoms with E-state index in [2.05, 4.69) is 5.32 Å². The van der Waals surface area contributed by atoms with Crippen LogP contribution < -0.4 is 10.2 Å². The minimum Gasteiger partial charge on any atom is -0.352 e. The number of rotatable bonds is 4. The highest BCUT2D eigenvalue weighted by Gasteiger charge is 2.34. The van der Waals surface area contributed by atoms with Gasteiger partial charge in [0.25, 0.3) is 0 Å². The molecule has 0 radical (unpaired) electrons. The van der Waals surface area contributed by atoms with Gasteiger partial charge in [-0.25, -0.2) is 0 Å². The van der Waals surface area contributed by atoms with Gasteiger partial charge in [-0.3, -0.25) is 14.4 Å². The molecule has 3 amide bonds. The van der Waals surface area contributed by atoms with Crippen molar-refractivity contribution in [2.45, 2.75) is 45.6 Å². The predicted octanol–water partition coefficient (Wildman–Crippen LogP) is 1.54. The van der Waals surface area contributed by atoms with Gasteiger partial charge in [0.2, 0.25) is 5.91 Å². The zero-order valence-electron chi connectivity index (χ0n) is 14.9. The Kier molecular flexibility index (Phi) is 5.06. The first-order valence-electron chi connectivity index (χ1n) is 8.92. The van der Waals surface area contributed by atoms with E-state index in [1.54, 1.807) is 0 Å². The highest BCUT2D eigenvalue weighted by atomic mass is 16.2. The summed E-state index contributed by atoms with van der Waals surface area (Å²) in [5.74, 6) is -1.34. The number of carbonyl (C=O) groups excluding carboxylic acids is 3. The van der Waals surface area contributed by atoms with E-state index in [1.807, 2.05) is 32.0 Å². The van der Waals surface area contributed by atoms with Crippen molar-refractivity contribution < 1.29 is 14.4 Å². The Bertz CT molecular complexity index is 675. The van der Waals surface area contributed by atoms with Crippen molar-refractivity contribution in [1.29, 1.82) is 0 Å². The summed E-state index contributed by atoms with van der Waals surface area (Å²) in [5.41, 5.74) is 2.84. The second-order valence-electron chi connectivity index (χ2n) is 7.08. The van der Waals surface area contributed by atoms with Crippen LogP contribution in [-0.4, -0.2) is 48.3 Å². The molecule has 6 heteroatoms. The molecule has 0 bridgehead atoms. The normalized spacial score (nSPS) is 18.8. The quantitative estimate of drug-likeness (QED) is 0.843. The van der Waals surface area contributed by atoms with Crippen LogP contribution in [0, 0.1) is 13.8 Å². The van der Waals surface area contributed by atoms with Crippen LogP contribution in [0.2, 0.25) is 0 Å². The van der Waals surface area contributed by atoms with E-state index in [4.69, 9.17) is 0 Å². The van der Waals surface area contributed by atoms with Crippen LogP contribution >= 0.6 is 0 Å². The highest BCUT2D eigenvalue weighted by molar-refractivity contribution is 6.41. The van der Waals surface area contributed by atoms with E-state index in [0.29, 0.717) is 13.1 Å². The summed E-state index contributed by atoms with van der Waals surface area (Å²) in [7, 11) is 0. The first-order valence-corrected chi connectivity index (χ1v) is 8.92. The second kappa shape index (κ2) is 7.25. The third-order valence-electron chi connectivity index (χ3n) is 4.88. The largest absolute Gasteiger partial charge is 0.352 e. The third-order valence-corrected chi connectivity index (χ3v) is 4.88. The number of amides is 3. The van der Waals surface area contributed by atoms with Gasteiger partial charge in [0.05, 0.1) is 0 Å². The van der Waals surface area contributed by atoms with Gasteiger partial charge in [-0.1, -0.05) is 18.9 Å². The van der Waals surface area contributed by atoms with Crippen LogP contribution in [0.3, 0.4) is 0 Å². The number of hydrogen-bond acceptors (Lipinski definition) is 3. The maximum atomic E-state index is 12.5. The van der Waals surface area contributed by atoms with Crippen molar-refractivity contribution in [3.05, 3.63) is 29.3 Å². The topological polar surface area (TPSA) is 69.7 Å². The van der Waals surface area contributed by atoms with E-state index >= 15 is 0 Å². The fourth-order valence-corrected chi connectivity index (χ4v) is 3.70. The molecule has 134 valence electrons. The summed E-state index contributed by atoms with van der Waals surface area (Å²) in [6.45, 7) is 4.67.